The Kier molecular flexibility index (Phi) is 2.19. The molecular formula is C8H14F2O. The van der Waals surface area contributed by atoms with Crippen LogP contribution in [0.3, 0.4) is 0 Å². The lowest BCUT2D eigenvalue weighted by Crippen LogP contribution is -2.40. The van der Waals surface area contributed by atoms with E-state index in [1.807, 2.05) is 0 Å². The maximum Gasteiger partial charge on any atom is 0.250 e. The highest BCUT2D eigenvalue weighted by Gasteiger charge is 2.43. The molecule has 66 valence electrons. The summed E-state index contributed by atoms with van der Waals surface area (Å²) in [5.41, 5.74) is -1.10. The number of hydrogen-bond acceptors (Lipinski definition) is 1. The van der Waals surface area contributed by atoms with Crippen LogP contribution in [0.15, 0.2) is 0 Å². The predicted octanol–water partition coefficient (Wildman–Crippen LogP) is 2.34. The Balaban J connectivity index is 2.59. The monoisotopic (exact) mass is 164 g/mol. The van der Waals surface area contributed by atoms with Crippen LogP contribution in [0.2, 0.25) is 0 Å². The fourth-order valence-electron chi connectivity index (χ4n) is 1.64. The van der Waals surface area contributed by atoms with Gasteiger partial charge in [-0.25, -0.2) is 8.78 Å². The quantitative estimate of drug-likeness (QED) is 0.630. The lowest BCUT2D eigenvalue weighted by Gasteiger charge is -2.35. The summed E-state index contributed by atoms with van der Waals surface area (Å²) in [6, 6.07) is 0. The maximum absolute atomic E-state index is 12.7. The fraction of sp³-hybridized carbons (Fsp3) is 1.00. The van der Waals surface area contributed by atoms with Crippen molar-refractivity contribution in [1.82, 2.24) is 0 Å². The largest absolute Gasteiger partial charge is 0.390 e. The van der Waals surface area contributed by atoms with Gasteiger partial charge in [0.2, 0.25) is 0 Å². The van der Waals surface area contributed by atoms with Crippen LogP contribution in [0.5, 0.6) is 0 Å². The van der Waals surface area contributed by atoms with Crippen LogP contribution >= 0.6 is 0 Å². The zero-order valence-electron chi connectivity index (χ0n) is 6.74. The molecule has 0 heterocycles. The van der Waals surface area contributed by atoms with Crippen LogP contribution in [0.25, 0.3) is 0 Å². The molecule has 0 radical (unpaired) electrons. The van der Waals surface area contributed by atoms with Gasteiger partial charge >= 0.3 is 0 Å². The van der Waals surface area contributed by atoms with Gasteiger partial charge in [0.1, 0.15) is 0 Å². The molecule has 0 spiro atoms. The van der Waals surface area contributed by atoms with Crippen LogP contribution in [-0.4, -0.2) is 16.6 Å². The van der Waals surface area contributed by atoms with E-state index in [0.29, 0.717) is 19.3 Å². The predicted molar refractivity (Wildman–Crippen MR) is 38.7 cm³/mol. The van der Waals surface area contributed by atoms with Crippen LogP contribution in [-0.2, 0) is 0 Å². The van der Waals surface area contributed by atoms with Crippen LogP contribution < -0.4 is 0 Å². The molecule has 1 aliphatic carbocycles. The average Bonchev–Trinajstić information content (AvgIpc) is 1.85. The third-order valence-corrected chi connectivity index (χ3v) is 2.43. The first kappa shape index (κ1) is 8.91. The normalized spacial score (nSPS) is 37.1. The van der Waals surface area contributed by atoms with Gasteiger partial charge < -0.3 is 5.11 Å². The Morgan fingerprint density at radius 1 is 1.36 bits per heavy atom. The molecule has 1 atom stereocenters. The van der Waals surface area contributed by atoms with Gasteiger partial charge in [-0.05, 0) is 19.3 Å². The van der Waals surface area contributed by atoms with Gasteiger partial charge in [-0.15, -0.1) is 0 Å². The third kappa shape index (κ3) is 2.12. The standard InChI is InChI=1S/C8H14F2O/c1-2-7(11)4-3-5-8(9,10)6-7/h11H,2-6H2,1H3/t7-/m0/s1. The Hall–Kier alpha value is -0.180. The summed E-state index contributed by atoms with van der Waals surface area (Å²) in [7, 11) is 0. The first-order valence-corrected chi connectivity index (χ1v) is 4.08. The molecule has 1 rings (SSSR count). The minimum absolute atomic E-state index is 0.0602. The maximum atomic E-state index is 12.7. The van der Waals surface area contributed by atoms with Crippen molar-refractivity contribution in [2.24, 2.45) is 0 Å². The Morgan fingerprint density at radius 2 is 2.00 bits per heavy atom. The van der Waals surface area contributed by atoms with Crippen molar-refractivity contribution in [1.29, 1.82) is 0 Å². The number of hydrogen-bond donors (Lipinski definition) is 1. The van der Waals surface area contributed by atoms with Crippen molar-refractivity contribution in [2.75, 3.05) is 0 Å². The highest BCUT2D eigenvalue weighted by molar-refractivity contribution is 4.89. The molecule has 1 fully saturated rings. The van der Waals surface area contributed by atoms with E-state index in [0.717, 1.165) is 0 Å². The molecule has 0 unspecified atom stereocenters. The first-order chi connectivity index (χ1) is 4.97. The second kappa shape index (κ2) is 2.70. The summed E-state index contributed by atoms with van der Waals surface area (Å²) >= 11 is 0. The molecule has 0 aromatic rings. The van der Waals surface area contributed by atoms with Gasteiger partial charge in [0, 0.05) is 12.8 Å². The van der Waals surface area contributed by atoms with E-state index in [9.17, 15) is 13.9 Å². The van der Waals surface area contributed by atoms with Gasteiger partial charge in [0.05, 0.1) is 5.60 Å². The van der Waals surface area contributed by atoms with Crippen LogP contribution in [0.4, 0.5) is 8.78 Å². The third-order valence-electron chi connectivity index (χ3n) is 2.43. The molecule has 1 N–H and O–H groups in total. The molecule has 0 aliphatic heterocycles. The zero-order chi connectivity index (χ0) is 8.54. The van der Waals surface area contributed by atoms with Crippen molar-refractivity contribution >= 4 is 0 Å². The Labute approximate surface area is 65.4 Å². The van der Waals surface area contributed by atoms with E-state index in [-0.39, 0.29) is 12.8 Å². The molecule has 11 heavy (non-hydrogen) atoms. The molecule has 3 heteroatoms. The van der Waals surface area contributed by atoms with Crippen molar-refractivity contribution < 1.29 is 13.9 Å². The molecule has 0 amide bonds. The van der Waals surface area contributed by atoms with Crippen LogP contribution in [0.1, 0.15) is 39.0 Å². The summed E-state index contributed by atoms with van der Waals surface area (Å²) in [6.07, 6.45) is 0.991. The fourth-order valence-corrected chi connectivity index (χ4v) is 1.64. The SMILES string of the molecule is CC[C@]1(O)CCCC(F)(F)C1. The highest BCUT2D eigenvalue weighted by Crippen LogP contribution is 2.40. The number of aliphatic hydroxyl groups is 1. The molecular weight excluding hydrogens is 150 g/mol. The van der Waals surface area contributed by atoms with Gasteiger partial charge in [0.15, 0.2) is 0 Å². The molecule has 1 saturated carbocycles. The van der Waals surface area contributed by atoms with Gasteiger partial charge in [0.25, 0.3) is 5.92 Å². The van der Waals surface area contributed by atoms with Crippen molar-refractivity contribution in [2.45, 2.75) is 50.6 Å². The van der Waals surface area contributed by atoms with E-state index >= 15 is 0 Å². The van der Waals surface area contributed by atoms with Crippen molar-refractivity contribution in [3.8, 4) is 0 Å². The number of alkyl halides is 2. The van der Waals surface area contributed by atoms with Crippen molar-refractivity contribution in [3.63, 3.8) is 0 Å². The molecule has 1 nitrogen and oxygen atoms in total. The van der Waals surface area contributed by atoms with Crippen LogP contribution in [0, 0.1) is 0 Å². The molecule has 0 aromatic carbocycles. The average molecular weight is 164 g/mol. The minimum atomic E-state index is -2.64. The number of rotatable bonds is 1. The molecule has 0 saturated heterocycles. The first-order valence-electron chi connectivity index (χ1n) is 4.08. The van der Waals surface area contributed by atoms with E-state index in [1.165, 1.54) is 0 Å². The lowest BCUT2D eigenvalue weighted by atomic mass is 9.81. The molecule has 0 aromatic heterocycles. The van der Waals surface area contributed by atoms with E-state index in [4.69, 9.17) is 0 Å². The van der Waals surface area contributed by atoms with E-state index in [2.05, 4.69) is 0 Å². The second-order valence-corrected chi connectivity index (χ2v) is 3.46. The topological polar surface area (TPSA) is 20.2 Å². The summed E-state index contributed by atoms with van der Waals surface area (Å²) < 4.78 is 25.5. The molecule has 0 bridgehead atoms. The Bertz CT molecular complexity index is 147. The number of halogens is 2. The zero-order valence-corrected chi connectivity index (χ0v) is 6.74. The summed E-state index contributed by atoms with van der Waals surface area (Å²) in [5, 5.41) is 9.54. The summed E-state index contributed by atoms with van der Waals surface area (Å²) in [6.45, 7) is 1.75. The summed E-state index contributed by atoms with van der Waals surface area (Å²) in [5.74, 6) is -2.64. The minimum Gasteiger partial charge on any atom is -0.390 e. The molecule has 1 aliphatic rings. The second-order valence-electron chi connectivity index (χ2n) is 3.46. The van der Waals surface area contributed by atoms with Gasteiger partial charge in [-0.2, -0.15) is 0 Å². The van der Waals surface area contributed by atoms with Gasteiger partial charge in [-0.3, -0.25) is 0 Å². The van der Waals surface area contributed by atoms with E-state index in [1.54, 1.807) is 6.92 Å². The lowest BCUT2D eigenvalue weighted by molar-refractivity contribution is -0.125. The van der Waals surface area contributed by atoms with Gasteiger partial charge in [-0.1, -0.05) is 6.92 Å². The smallest absolute Gasteiger partial charge is 0.250 e. The van der Waals surface area contributed by atoms with Crippen molar-refractivity contribution in [3.05, 3.63) is 0 Å². The Morgan fingerprint density at radius 3 is 2.36 bits per heavy atom. The summed E-state index contributed by atoms with van der Waals surface area (Å²) in [4.78, 5) is 0. The highest BCUT2D eigenvalue weighted by atomic mass is 19.3. The van der Waals surface area contributed by atoms with E-state index < -0.39 is 11.5 Å².